The van der Waals surface area contributed by atoms with Crippen LogP contribution < -0.4 is 0 Å². The zero-order valence-electron chi connectivity index (χ0n) is 12.2. The van der Waals surface area contributed by atoms with E-state index in [-0.39, 0.29) is 26.1 Å². The molecule has 0 aliphatic carbocycles. The molecule has 0 unspecified atom stereocenters. The average Bonchev–Trinajstić information content (AvgIpc) is 2.44. The number of Topliss-reactive ketones (excluding diaryl/α,β-unsaturated/α-hetero) is 4. The molecule has 0 aliphatic rings. The average molecular weight is 312 g/mol. The summed E-state index contributed by atoms with van der Waals surface area (Å²) in [7, 11) is 0. The van der Waals surface area contributed by atoms with Gasteiger partial charge in [0.25, 0.3) is 0 Å². The lowest BCUT2D eigenvalue weighted by Gasteiger charge is -2.01. The Kier molecular flexibility index (Phi) is 8.92. The minimum Gasteiger partial charge on any atom is -0.462 e. The predicted molar refractivity (Wildman–Crippen MR) is 71.7 cm³/mol. The fourth-order valence-electron chi connectivity index (χ4n) is 1.07. The van der Waals surface area contributed by atoms with Gasteiger partial charge in [-0.2, -0.15) is 0 Å². The molecule has 0 amide bonds. The molecule has 0 fully saturated rings. The summed E-state index contributed by atoms with van der Waals surface area (Å²) in [6.07, 6.45) is 1.11. The zero-order valence-corrected chi connectivity index (χ0v) is 12.2. The van der Waals surface area contributed by atoms with Gasteiger partial charge in [0.05, 0.1) is 13.2 Å². The standard InChI is InChI=1S/C14H16O8/c1-9(15)11(17)5-7-21-13(19)3-4-14(20)22-8-6-12(18)10(2)16/h3-4H,5-8H2,1-2H3/b4-3-. The van der Waals surface area contributed by atoms with Crippen molar-refractivity contribution in [3.63, 3.8) is 0 Å². The maximum atomic E-state index is 11.2. The van der Waals surface area contributed by atoms with Crippen LogP contribution in [0.2, 0.25) is 0 Å². The molecule has 0 saturated carbocycles. The third-order valence-corrected chi connectivity index (χ3v) is 2.29. The van der Waals surface area contributed by atoms with Crippen LogP contribution in [0.5, 0.6) is 0 Å². The van der Waals surface area contributed by atoms with Crippen molar-refractivity contribution in [3.8, 4) is 0 Å². The summed E-state index contributed by atoms with van der Waals surface area (Å²) in [5, 5.41) is 0. The largest absolute Gasteiger partial charge is 0.462 e. The van der Waals surface area contributed by atoms with Crippen molar-refractivity contribution in [3.05, 3.63) is 12.2 Å². The Balaban J connectivity index is 3.94. The van der Waals surface area contributed by atoms with Gasteiger partial charge in [-0.05, 0) is 0 Å². The second kappa shape index (κ2) is 10.1. The van der Waals surface area contributed by atoms with Crippen LogP contribution in [0, 0.1) is 0 Å². The van der Waals surface area contributed by atoms with Crippen molar-refractivity contribution in [2.75, 3.05) is 13.2 Å². The number of rotatable bonds is 10. The summed E-state index contributed by atoms with van der Waals surface area (Å²) in [4.78, 5) is 65.4. The van der Waals surface area contributed by atoms with Gasteiger partial charge < -0.3 is 9.47 Å². The van der Waals surface area contributed by atoms with Crippen LogP contribution in [0.3, 0.4) is 0 Å². The van der Waals surface area contributed by atoms with E-state index in [1.165, 1.54) is 0 Å². The van der Waals surface area contributed by atoms with Gasteiger partial charge in [-0.3, -0.25) is 19.2 Å². The van der Waals surface area contributed by atoms with Crippen molar-refractivity contribution >= 4 is 35.1 Å². The molecular weight excluding hydrogens is 296 g/mol. The van der Waals surface area contributed by atoms with Gasteiger partial charge in [-0.25, -0.2) is 9.59 Å². The lowest BCUT2D eigenvalue weighted by atomic mass is 10.2. The first-order valence-corrected chi connectivity index (χ1v) is 6.33. The Hall–Kier alpha value is -2.64. The van der Waals surface area contributed by atoms with Crippen molar-refractivity contribution in [1.29, 1.82) is 0 Å². The van der Waals surface area contributed by atoms with Gasteiger partial charge in [0.2, 0.25) is 11.6 Å². The Morgan fingerprint density at radius 2 is 1.00 bits per heavy atom. The topological polar surface area (TPSA) is 121 Å². The van der Waals surface area contributed by atoms with Crippen molar-refractivity contribution < 1.29 is 38.2 Å². The summed E-state index contributed by atoms with van der Waals surface area (Å²) in [6.45, 7) is 1.67. The van der Waals surface area contributed by atoms with Crippen LogP contribution in [-0.2, 0) is 38.2 Å². The van der Waals surface area contributed by atoms with E-state index in [2.05, 4.69) is 9.47 Å². The molecule has 0 saturated heterocycles. The van der Waals surface area contributed by atoms with Gasteiger partial charge >= 0.3 is 11.9 Å². The number of ether oxygens (including phenoxy) is 2. The van der Waals surface area contributed by atoms with Gasteiger partial charge in [0.1, 0.15) is 0 Å². The fourth-order valence-corrected chi connectivity index (χ4v) is 1.07. The van der Waals surface area contributed by atoms with Crippen LogP contribution in [-0.4, -0.2) is 48.3 Å². The first kappa shape index (κ1) is 19.4. The van der Waals surface area contributed by atoms with E-state index < -0.39 is 35.1 Å². The number of carbonyl (C=O) groups is 6. The second-order valence-electron chi connectivity index (χ2n) is 4.13. The predicted octanol–water partition coefficient (Wildman–Crippen LogP) is -0.275. The minimum atomic E-state index is -0.881. The van der Waals surface area contributed by atoms with E-state index >= 15 is 0 Å². The van der Waals surface area contributed by atoms with E-state index in [0.29, 0.717) is 0 Å². The molecule has 0 spiro atoms. The molecule has 0 atom stereocenters. The first-order valence-electron chi connectivity index (χ1n) is 6.33. The Bertz CT molecular complexity index is 469. The lowest BCUT2D eigenvalue weighted by Crippen LogP contribution is -2.15. The highest BCUT2D eigenvalue weighted by Gasteiger charge is 2.10. The SMILES string of the molecule is CC(=O)C(=O)CCOC(=O)/C=C\C(=O)OCCC(=O)C(C)=O. The zero-order chi connectivity index (χ0) is 17.1. The van der Waals surface area contributed by atoms with Crippen LogP contribution in [0.15, 0.2) is 12.2 Å². The van der Waals surface area contributed by atoms with Crippen LogP contribution in [0.25, 0.3) is 0 Å². The lowest BCUT2D eigenvalue weighted by molar-refractivity contribution is -0.143. The monoisotopic (exact) mass is 312 g/mol. The fraction of sp³-hybridized carbons (Fsp3) is 0.429. The van der Waals surface area contributed by atoms with Crippen molar-refractivity contribution in [2.45, 2.75) is 26.7 Å². The van der Waals surface area contributed by atoms with Crippen molar-refractivity contribution in [2.24, 2.45) is 0 Å². The molecule has 0 rings (SSSR count). The molecule has 0 aromatic rings. The van der Waals surface area contributed by atoms with Gasteiger partial charge in [0, 0.05) is 38.8 Å². The summed E-state index contributed by atoms with van der Waals surface area (Å²) in [6, 6.07) is 0. The van der Waals surface area contributed by atoms with E-state index in [0.717, 1.165) is 26.0 Å². The van der Waals surface area contributed by atoms with Gasteiger partial charge in [-0.15, -0.1) is 0 Å². The van der Waals surface area contributed by atoms with Crippen molar-refractivity contribution in [1.82, 2.24) is 0 Å². The molecule has 0 N–H and O–H groups in total. The Morgan fingerprint density at radius 1 is 0.682 bits per heavy atom. The molecule has 8 heteroatoms. The molecule has 120 valence electrons. The summed E-state index contributed by atoms with van der Waals surface area (Å²) >= 11 is 0. The molecule has 0 aromatic carbocycles. The Labute approximate surface area is 126 Å². The van der Waals surface area contributed by atoms with Crippen LogP contribution in [0.4, 0.5) is 0 Å². The molecule has 0 aliphatic heterocycles. The second-order valence-corrected chi connectivity index (χ2v) is 4.13. The molecule has 0 bridgehead atoms. The molecule has 0 radical (unpaired) electrons. The molecule has 8 nitrogen and oxygen atoms in total. The van der Waals surface area contributed by atoms with E-state index in [1.807, 2.05) is 0 Å². The summed E-state index contributed by atoms with van der Waals surface area (Å²) in [5.74, 6) is -4.34. The first-order chi connectivity index (χ1) is 10.2. The van der Waals surface area contributed by atoms with E-state index in [9.17, 15) is 28.8 Å². The maximum Gasteiger partial charge on any atom is 0.331 e. The van der Waals surface area contributed by atoms with Crippen LogP contribution >= 0.6 is 0 Å². The van der Waals surface area contributed by atoms with Crippen LogP contribution in [0.1, 0.15) is 26.7 Å². The normalized spacial score (nSPS) is 10.1. The van der Waals surface area contributed by atoms with E-state index in [4.69, 9.17) is 0 Å². The quantitative estimate of drug-likeness (QED) is 0.307. The third kappa shape index (κ3) is 9.29. The number of hydrogen-bond donors (Lipinski definition) is 0. The summed E-state index contributed by atoms with van der Waals surface area (Å²) in [5.41, 5.74) is 0. The number of esters is 2. The maximum absolute atomic E-state index is 11.2. The molecule has 0 aromatic heterocycles. The number of ketones is 4. The number of hydrogen-bond acceptors (Lipinski definition) is 8. The highest BCUT2D eigenvalue weighted by molar-refractivity contribution is 6.36. The third-order valence-electron chi connectivity index (χ3n) is 2.29. The smallest absolute Gasteiger partial charge is 0.331 e. The Morgan fingerprint density at radius 3 is 1.27 bits per heavy atom. The highest BCUT2D eigenvalue weighted by Crippen LogP contribution is 1.92. The highest BCUT2D eigenvalue weighted by atomic mass is 16.5. The van der Waals surface area contributed by atoms with E-state index in [1.54, 1.807) is 0 Å². The molecule has 22 heavy (non-hydrogen) atoms. The summed E-state index contributed by atoms with van der Waals surface area (Å²) < 4.78 is 9.16. The minimum absolute atomic E-state index is 0.230. The van der Waals surface area contributed by atoms with Gasteiger partial charge in [0.15, 0.2) is 11.6 Å². The number of carbonyl (C=O) groups excluding carboxylic acids is 6. The molecular formula is C14H16O8. The molecule has 0 heterocycles. The van der Waals surface area contributed by atoms with Gasteiger partial charge in [-0.1, -0.05) is 0 Å².